The second-order valence-corrected chi connectivity index (χ2v) is 9.48. The van der Waals surface area contributed by atoms with Gasteiger partial charge in [-0.3, -0.25) is 0 Å². The first-order chi connectivity index (χ1) is 14.8. The van der Waals surface area contributed by atoms with Crippen molar-refractivity contribution in [1.82, 2.24) is 18.5 Å². The molecule has 0 fully saturated rings. The van der Waals surface area contributed by atoms with E-state index in [2.05, 4.69) is 9.97 Å². The zero-order chi connectivity index (χ0) is 21.9. The summed E-state index contributed by atoms with van der Waals surface area (Å²) in [6.45, 7) is 1.89. The average Bonchev–Trinajstić information content (AvgIpc) is 3.29. The molecule has 3 aromatic heterocycles. The summed E-state index contributed by atoms with van der Waals surface area (Å²) in [5.41, 5.74) is 3.00. The first-order valence-corrected chi connectivity index (χ1v) is 11.2. The highest BCUT2D eigenvalue weighted by Gasteiger charge is 2.23. The number of benzene rings is 2. The molecule has 0 aliphatic carbocycles. The summed E-state index contributed by atoms with van der Waals surface area (Å²) in [5.74, 6) is -0.346. The molecule has 0 radical (unpaired) electrons. The minimum Gasteiger partial charge on any atom is -0.350 e. The number of hydrogen-bond donors (Lipinski definition) is 0. The lowest BCUT2D eigenvalue weighted by Gasteiger charge is -2.08. The van der Waals surface area contributed by atoms with Crippen LogP contribution in [0.1, 0.15) is 5.56 Å². The molecular formula is C22H16ClFN4O2S. The van der Waals surface area contributed by atoms with Gasteiger partial charge in [0, 0.05) is 35.8 Å². The Morgan fingerprint density at radius 1 is 1.00 bits per heavy atom. The van der Waals surface area contributed by atoms with Crippen LogP contribution in [-0.2, 0) is 17.1 Å². The third-order valence-corrected chi connectivity index (χ3v) is 7.12. The summed E-state index contributed by atoms with van der Waals surface area (Å²) >= 11 is 6.21. The molecule has 0 amide bonds. The van der Waals surface area contributed by atoms with E-state index in [1.807, 2.05) is 13.1 Å². The fourth-order valence-corrected chi connectivity index (χ4v) is 5.19. The molecule has 5 rings (SSSR count). The van der Waals surface area contributed by atoms with E-state index in [0.29, 0.717) is 22.2 Å². The molecule has 0 atom stereocenters. The number of fused-ring (bicyclic) bond motifs is 2. The molecule has 0 saturated heterocycles. The van der Waals surface area contributed by atoms with E-state index in [0.717, 1.165) is 14.9 Å². The van der Waals surface area contributed by atoms with Crippen molar-refractivity contribution in [3.63, 3.8) is 0 Å². The molecule has 0 saturated carbocycles. The fraction of sp³-hybridized carbons (Fsp3) is 0.0909. The summed E-state index contributed by atoms with van der Waals surface area (Å²) in [5, 5.41) is 1.21. The van der Waals surface area contributed by atoms with Gasteiger partial charge in [-0.1, -0.05) is 17.7 Å². The number of halogens is 2. The molecule has 0 unspecified atom stereocenters. The Balaban J connectivity index is 1.77. The van der Waals surface area contributed by atoms with Crippen molar-refractivity contribution in [1.29, 1.82) is 0 Å². The first-order valence-electron chi connectivity index (χ1n) is 9.37. The van der Waals surface area contributed by atoms with Gasteiger partial charge in [0.2, 0.25) is 5.28 Å². The standard InChI is InChI=1S/C22H16ClFN4O2S/c1-13-3-6-15(7-4-13)31(29,30)28-10-9-17-20(25-22(23)26-21(17)28)18-12-27(2)19-11-14(24)5-8-16(18)19/h3-12H,1-2H3. The lowest BCUT2D eigenvalue weighted by Crippen LogP contribution is -2.12. The topological polar surface area (TPSA) is 69.8 Å². The molecule has 0 aliphatic heterocycles. The van der Waals surface area contributed by atoms with Gasteiger partial charge in [0.05, 0.1) is 16.1 Å². The van der Waals surface area contributed by atoms with Crippen molar-refractivity contribution in [2.75, 3.05) is 0 Å². The predicted octanol–water partition coefficient (Wildman–Crippen LogP) is 4.93. The van der Waals surface area contributed by atoms with Crippen LogP contribution in [0.2, 0.25) is 5.28 Å². The third-order valence-electron chi connectivity index (χ3n) is 5.27. The molecule has 156 valence electrons. The SMILES string of the molecule is Cc1ccc(S(=O)(=O)n2ccc3c(-c4cn(C)c5cc(F)ccc45)nc(Cl)nc32)cc1. The van der Waals surface area contributed by atoms with Crippen molar-refractivity contribution in [3.8, 4) is 11.3 Å². The highest BCUT2D eigenvalue weighted by Crippen LogP contribution is 2.35. The van der Waals surface area contributed by atoms with Gasteiger partial charge in [-0.05, 0) is 54.9 Å². The molecule has 9 heteroatoms. The van der Waals surface area contributed by atoms with Crippen LogP contribution in [0.25, 0.3) is 33.2 Å². The molecule has 2 aromatic carbocycles. The third kappa shape index (κ3) is 3.10. The van der Waals surface area contributed by atoms with Crippen LogP contribution in [-0.4, -0.2) is 26.9 Å². The minimum atomic E-state index is -3.88. The lowest BCUT2D eigenvalue weighted by molar-refractivity contribution is 0.588. The van der Waals surface area contributed by atoms with Gasteiger partial charge in [-0.2, -0.15) is 4.98 Å². The van der Waals surface area contributed by atoms with Crippen LogP contribution in [0.5, 0.6) is 0 Å². The van der Waals surface area contributed by atoms with Crippen LogP contribution in [0.4, 0.5) is 4.39 Å². The molecule has 3 heterocycles. The van der Waals surface area contributed by atoms with E-state index >= 15 is 0 Å². The van der Waals surface area contributed by atoms with Gasteiger partial charge in [-0.25, -0.2) is 21.8 Å². The van der Waals surface area contributed by atoms with E-state index in [1.54, 1.807) is 48.0 Å². The van der Waals surface area contributed by atoms with Gasteiger partial charge in [0.25, 0.3) is 10.0 Å². The van der Waals surface area contributed by atoms with Crippen LogP contribution in [0.3, 0.4) is 0 Å². The normalized spacial score (nSPS) is 12.1. The van der Waals surface area contributed by atoms with Crippen molar-refractivity contribution < 1.29 is 12.8 Å². The first kappa shape index (κ1) is 19.7. The monoisotopic (exact) mass is 454 g/mol. The minimum absolute atomic E-state index is 0.0827. The van der Waals surface area contributed by atoms with Crippen molar-refractivity contribution in [2.45, 2.75) is 11.8 Å². The van der Waals surface area contributed by atoms with E-state index in [-0.39, 0.29) is 21.6 Å². The number of hydrogen-bond acceptors (Lipinski definition) is 4. The predicted molar refractivity (Wildman–Crippen MR) is 118 cm³/mol. The Kier molecular flexibility index (Phi) is 4.39. The van der Waals surface area contributed by atoms with Crippen molar-refractivity contribution in [3.05, 3.63) is 77.6 Å². The maximum absolute atomic E-state index is 13.7. The highest BCUT2D eigenvalue weighted by atomic mass is 35.5. The summed E-state index contributed by atoms with van der Waals surface area (Å²) in [4.78, 5) is 8.73. The van der Waals surface area contributed by atoms with Crippen LogP contribution < -0.4 is 0 Å². The number of aromatic nitrogens is 4. The quantitative estimate of drug-likeness (QED) is 0.362. The second kappa shape index (κ2) is 6.90. The number of nitrogens with zero attached hydrogens (tertiary/aromatic N) is 4. The smallest absolute Gasteiger partial charge is 0.269 e. The molecule has 0 bridgehead atoms. The number of rotatable bonds is 3. The average molecular weight is 455 g/mol. The molecule has 0 spiro atoms. The molecule has 0 aliphatic rings. The van der Waals surface area contributed by atoms with E-state index < -0.39 is 10.0 Å². The Bertz CT molecular complexity index is 1590. The van der Waals surface area contributed by atoms with E-state index in [4.69, 9.17) is 11.6 Å². The Morgan fingerprint density at radius 2 is 1.74 bits per heavy atom. The van der Waals surface area contributed by atoms with Gasteiger partial charge >= 0.3 is 0 Å². The van der Waals surface area contributed by atoms with Gasteiger partial charge < -0.3 is 4.57 Å². The molecular weight excluding hydrogens is 439 g/mol. The maximum atomic E-state index is 13.7. The summed E-state index contributed by atoms with van der Waals surface area (Å²) < 4.78 is 43.1. The zero-order valence-electron chi connectivity index (χ0n) is 16.5. The van der Waals surface area contributed by atoms with Gasteiger partial charge in [0.15, 0.2) is 5.65 Å². The second-order valence-electron chi connectivity index (χ2n) is 7.32. The molecule has 6 nitrogen and oxygen atoms in total. The Labute approximate surface area is 182 Å². The zero-order valence-corrected chi connectivity index (χ0v) is 18.1. The Morgan fingerprint density at radius 3 is 2.48 bits per heavy atom. The summed E-state index contributed by atoms with van der Waals surface area (Å²) in [6.07, 6.45) is 3.26. The van der Waals surface area contributed by atoms with E-state index in [1.165, 1.54) is 18.3 Å². The summed E-state index contributed by atoms with van der Waals surface area (Å²) in [7, 11) is -2.08. The molecule has 31 heavy (non-hydrogen) atoms. The van der Waals surface area contributed by atoms with Gasteiger partial charge in [0.1, 0.15) is 5.82 Å². The summed E-state index contributed by atoms with van der Waals surface area (Å²) in [6, 6.07) is 12.7. The molecule has 5 aromatic rings. The van der Waals surface area contributed by atoms with Crippen molar-refractivity contribution in [2.24, 2.45) is 7.05 Å². The van der Waals surface area contributed by atoms with Gasteiger partial charge in [-0.15, -0.1) is 0 Å². The van der Waals surface area contributed by atoms with Crippen molar-refractivity contribution >= 4 is 43.6 Å². The lowest BCUT2D eigenvalue weighted by atomic mass is 10.1. The highest BCUT2D eigenvalue weighted by molar-refractivity contribution is 7.90. The fourth-order valence-electron chi connectivity index (χ4n) is 3.73. The van der Waals surface area contributed by atoms with E-state index in [9.17, 15) is 12.8 Å². The Hall–Kier alpha value is -3.23. The molecule has 0 N–H and O–H groups in total. The maximum Gasteiger partial charge on any atom is 0.269 e. The number of aryl methyl sites for hydroxylation is 2. The largest absolute Gasteiger partial charge is 0.350 e. The van der Waals surface area contributed by atoms with Crippen LogP contribution >= 0.6 is 11.6 Å². The van der Waals surface area contributed by atoms with Crippen LogP contribution in [0, 0.1) is 12.7 Å². The van der Waals surface area contributed by atoms with Crippen LogP contribution in [0.15, 0.2) is 65.8 Å².